The predicted octanol–water partition coefficient (Wildman–Crippen LogP) is 7.09. The molecule has 0 radical (unpaired) electrons. The molecule has 5 rings (SSSR count). The van der Waals surface area contributed by atoms with E-state index in [1.165, 1.54) is 7.11 Å². The van der Waals surface area contributed by atoms with Crippen molar-refractivity contribution in [3.8, 4) is 22.3 Å². The third kappa shape index (κ3) is 5.14. The lowest BCUT2D eigenvalue weighted by Crippen LogP contribution is -2.07. The number of carbonyl (C=O) groups excluding carboxylic acids is 1. The predicted molar refractivity (Wildman–Crippen MR) is 140 cm³/mol. The molecule has 5 heteroatoms. The molecule has 180 valence electrons. The largest absolute Gasteiger partial charge is 0.453 e. The minimum absolute atomic E-state index is 0.165. The van der Waals surface area contributed by atoms with Crippen LogP contribution in [0.1, 0.15) is 21.7 Å². The average molecular weight is 479 g/mol. The van der Waals surface area contributed by atoms with Crippen LogP contribution in [0.25, 0.3) is 33.2 Å². The van der Waals surface area contributed by atoms with Crippen molar-refractivity contribution in [2.75, 3.05) is 20.3 Å². The maximum absolute atomic E-state index is 13.7. The van der Waals surface area contributed by atoms with E-state index in [0.29, 0.717) is 36.7 Å². The Bertz CT molecular complexity index is 1360. The average Bonchev–Trinajstić information content (AvgIpc) is 3.38. The van der Waals surface area contributed by atoms with E-state index in [1.807, 2.05) is 97.1 Å². The van der Waals surface area contributed by atoms with Crippen LogP contribution >= 0.6 is 0 Å². The van der Waals surface area contributed by atoms with Crippen LogP contribution in [-0.4, -0.2) is 26.1 Å². The Morgan fingerprint density at radius 2 is 1.36 bits per heavy atom. The lowest BCUT2D eigenvalue weighted by Gasteiger charge is -2.18. The van der Waals surface area contributed by atoms with Crippen molar-refractivity contribution in [1.82, 2.24) is 0 Å². The third-order valence-electron chi connectivity index (χ3n) is 6.01. The summed E-state index contributed by atoms with van der Waals surface area (Å²) in [6.45, 7) is 1.04. The molecule has 4 aromatic carbocycles. The molecule has 0 saturated carbocycles. The van der Waals surface area contributed by atoms with Crippen LogP contribution in [0.3, 0.4) is 0 Å². The molecule has 0 aliphatic carbocycles. The number of hydrogen-bond donors (Lipinski definition) is 0. The fraction of sp³-hybridized carbons (Fsp3) is 0.129. The third-order valence-corrected chi connectivity index (χ3v) is 6.01. The summed E-state index contributed by atoms with van der Waals surface area (Å²) >= 11 is 0. The first-order valence-electron chi connectivity index (χ1n) is 11.8. The summed E-state index contributed by atoms with van der Waals surface area (Å²) in [5.41, 5.74) is 6.11. The first-order chi connectivity index (χ1) is 17.7. The van der Waals surface area contributed by atoms with E-state index in [0.717, 1.165) is 33.2 Å². The van der Waals surface area contributed by atoms with Gasteiger partial charge in [0.15, 0.2) is 5.76 Å². The fourth-order valence-corrected chi connectivity index (χ4v) is 4.30. The van der Waals surface area contributed by atoms with Gasteiger partial charge in [-0.1, -0.05) is 78.9 Å². The Balaban J connectivity index is 1.63. The number of hydrogen-bond acceptors (Lipinski definition) is 5. The molecule has 0 N–H and O–H groups in total. The Labute approximate surface area is 209 Å². The molecule has 0 amide bonds. The molecular weight excluding hydrogens is 452 g/mol. The van der Waals surface area contributed by atoms with Gasteiger partial charge in [0.05, 0.1) is 20.3 Å². The summed E-state index contributed by atoms with van der Waals surface area (Å²) < 4.78 is 11.9. The molecule has 0 bridgehead atoms. The number of ether oxygens (including phenoxy) is 1. The highest BCUT2D eigenvalue weighted by atomic mass is 17.2. The fourth-order valence-electron chi connectivity index (χ4n) is 4.30. The zero-order valence-corrected chi connectivity index (χ0v) is 20.0. The number of rotatable bonds is 10. The van der Waals surface area contributed by atoms with E-state index in [-0.39, 0.29) is 5.78 Å². The number of carbonyl (C=O) groups is 1. The van der Waals surface area contributed by atoms with Gasteiger partial charge in [0.2, 0.25) is 5.78 Å². The Kier molecular flexibility index (Phi) is 7.33. The molecule has 5 aromatic rings. The molecule has 0 fully saturated rings. The second-order valence-corrected chi connectivity index (χ2v) is 8.30. The Morgan fingerprint density at radius 1 is 0.750 bits per heavy atom. The van der Waals surface area contributed by atoms with Gasteiger partial charge in [-0.25, -0.2) is 9.78 Å². The number of fused-ring (bicyclic) bond motifs is 1. The van der Waals surface area contributed by atoms with Gasteiger partial charge in [-0.2, -0.15) is 0 Å². The van der Waals surface area contributed by atoms with E-state index in [9.17, 15) is 4.79 Å². The quantitative estimate of drug-likeness (QED) is 0.0928. The summed E-state index contributed by atoms with van der Waals surface area (Å²) in [6.07, 6.45) is 0. The Hall–Kier alpha value is -4.03. The lowest BCUT2D eigenvalue weighted by atomic mass is 9.88. The molecular formula is C31H26O5. The van der Waals surface area contributed by atoms with Crippen molar-refractivity contribution < 1.29 is 23.7 Å². The molecule has 0 spiro atoms. The van der Waals surface area contributed by atoms with Crippen molar-refractivity contribution in [2.45, 2.75) is 6.61 Å². The van der Waals surface area contributed by atoms with Gasteiger partial charge in [0, 0.05) is 10.9 Å². The second kappa shape index (κ2) is 11.1. The van der Waals surface area contributed by atoms with Crippen molar-refractivity contribution in [3.63, 3.8) is 0 Å². The number of benzene rings is 4. The summed E-state index contributed by atoms with van der Waals surface area (Å²) in [4.78, 5) is 23.3. The van der Waals surface area contributed by atoms with Gasteiger partial charge in [-0.15, -0.1) is 0 Å². The van der Waals surface area contributed by atoms with Gasteiger partial charge in [0.25, 0.3) is 0 Å². The number of para-hydroxylation sites is 1. The van der Waals surface area contributed by atoms with Crippen LogP contribution in [0, 0.1) is 0 Å². The zero-order valence-electron chi connectivity index (χ0n) is 20.0. The lowest BCUT2D eigenvalue weighted by molar-refractivity contribution is -0.278. The van der Waals surface area contributed by atoms with Crippen molar-refractivity contribution in [3.05, 3.63) is 120 Å². The van der Waals surface area contributed by atoms with E-state index in [2.05, 4.69) is 4.89 Å². The monoisotopic (exact) mass is 478 g/mol. The summed E-state index contributed by atoms with van der Waals surface area (Å²) in [5, 5.41) is 0.899. The van der Waals surface area contributed by atoms with Crippen LogP contribution < -0.4 is 0 Å². The first-order valence-corrected chi connectivity index (χ1v) is 11.8. The van der Waals surface area contributed by atoms with Gasteiger partial charge < -0.3 is 9.15 Å². The van der Waals surface area contributed by atoms with Crippen LogP contribution in [0.4, 0.5) is 0 Å². The van der Waals surface area contributed by atoms with Gasteiger partial charge in [-0.3, -0.25) is 4.79 Å². The Morgan fingerprint density at radius 3 is 1.97 bits per heavy atom. The molecule has 36 heavy (non-hydrogen) atoms. The van der Waals surface area contributed by atoms with Crippen molar-refractivity contribution in [1.29, 1.82) is 0 Å². The standard InChI is InChI=1S/C31H26O5/c1-33-35-17-16-34-21-28-26(22-10-4-2-5-11-22)18-25(19-27(28)23-12-6-3-7-13-23)31(32)30-20-24-14-8-9-15-29(24)36-30/h2-15,18-20H,16-17,21H2,1H3. The molecule has 0 unspecified atom stereocenters. The maximum atomic E-state index is 13.7. The summed E-state index contributed by atoms with van der Waals surface area (Å²) in [7, 11) is 1.47. The van der Waals surface area contributed by atoms with Crippen LogP contribution in [0.2, 0.25) is 0 Å². The molecule has 1 aromatic heterocycles. The number of ketones is 1. The highest BCUT2D eigenvalue weighted by Gasteiger charge is 2.21. The smallest absolute Gasteiger partial charge is 0.228 e. The van der Waals surface area contributed by atoms with E-state index >= 15 is 0 Å². The van der Waals surface area contributed by atoms with E-state index < -0.39 is 0 Å². The number of furan rings is 1. The van der Waals surface area contributed by atoms with Crippen LogP contribution in [0.15, 0.2) is 108 Å². The topological polar surface area (TPSA) is 57.9 Å². The second-order valence-electron chi connectivity index (χ2n) is 8.30. The molecule has 0 saturated heterocycles. The molecule has 1 heterocycles. The van der Waals surface area contributed by atoms with Gasteiger partial charge in [0.1, 0.15) is 12.2 Å². The highest BCUT2D eigenvalue weighted by Crippen LogP contribution is 2.36. The minimum atomic E-state index is -0.165. The zero-order chi connectivity index (χ0) is 24.7. The molecule has 5 nitrogen and oxygen atoms in total. The van der Waals surface area contributed by atoms with E-state index in [1.54, 1.807) is 6.07 Å². The molecule has 0 aliphatic rings. The summed E-state index contributed by atoms with van der Waals surface area (Å²) in [5.74, 6) is 0.150. The maximum Gasteiger partial charge on any atom is 0.228 e. The van der Waals surface area contributed by atoms with Gasteiger partial charge in [-0.05, 0) is 52.1 Å². The van der Waals surface area contributed by atoms with Gasteiger partial charge >= 0.3 is 0 Å². The minimum Gasteiger partial charge on any atom is -0.453 e. The molecule has 0 atom stereocenters. The van der Waals surface area contributed by atoms with Crippen LogP contribution in [-0.2, 0) is 21.1 Å². The normalized spacial score (nSPS) is 11.1. The highest BCUT2D eigenvalue weighted by molar-refractivity contribution is 6.10. The first kappa shape index (κ1) is 23.7. The summed E-state index contributed by atoms with van der Waals surface area (Å²) in [6, 6.07) is 33.4. The van der Waals surface area contributed by atoms with Crippen LogP contribution in [0.5, 0.6) is 0 Å². The van der Waals surface area contributed by atoms with Crippen molar-refractivity contribution >= 4 is 16.8 Å². The molecule has 0 aliphatic heterocycles. The van der Waals surface area contributed by atoms with Crippen molar-refractivity contribution in [2.24, 2.45) is 0 Å². The van der Waals surface area contributed by atoms with E-state index in [4.69, 9.17) is 14.0 Å². The SMILES string of the molecule is COOCCOCc1c(-c2ccccc2)cc(C(=O)c2cc3ccccc3o2)cc1-c1ccccc1.